The number of fused-ring (bicyclic) bond motifs is 1. The highest BCUT2D eigenvalue weighted by Gasteiger charge is 2.20. The van der Waals surface area contributed by atoms with Gasteiger partial charge in [0, 0.05) is 0 Å². The fraction of sp³-hybridized carbons (Fsp3) is 0.250. The third-order valence-corrected chi connectivity index (χ3v) is 4.07. The van der Waals surface area contributed by atoms with Gasteiger partial charge in [-0.2, -0.15) is 0 Å². The first-order chi connectivity index (χ1) is 12.4. The second kappa shape index (κ2) is 7.09. The number of benzene rings is 2. The summed E-state index contributed by atoms with van der Waals surface area (Å²) >= 11 is 0. The molecular formula is C20H22NO5+. The van der Waals surface area contributed by atoms with E-state index in [9.17, 15) is 9.90 Å². The summed E-state index contributed by atoms with van der Waals surface area (Å²) in [6, 6.07) is 10.2. The van der Waals surface area contributed by atoms with Gasteiger partial charge in [0.25, 0.3) is 0 Å². The van der Waals surface area contributed by atoms with Gasteiger partial charge in [-0.15, -0.1) is 0 Å². The van der Waals surface area contributed by atoms with E-state index in [1.54, 1.807) is 31.2 Å². The molecule has 0 bridgehead atoms. The number of quaternary nitrogens is 1. The zero-order valence-electron chi connectivity index (χ0n) is 15.3. The SMILES string of the molecule is COc1ccccc1Oc1c(C)oc2c(C[NH+](C)C)c(O)ccc2c1=O. The van der Waals surface area contributed by atoms with Gasteiger partial charge in [0.1, 0.15) is 18.1 Å². The first-order valence-corrected chi connectivity index (χ1v) is 8.30. The number of methoxy groups -OCH3 is 1. The standard InChI is InChI=1S/C20H21NO5/c1-12-19(26-17-8-6-5-7-16(17)24-4)18(23)13-9-10-15(22)14(11-21(2)3)20(13)25-12/h5-10,22H,11H2,1-4H3/p+1. The molecule has 136 valence electrons. The molecule has 0 radical (unpaired) electrons. The highest BCUT2D eigenvalue weighted by molar-refractivity contribution is 5.83. The molecule has 0 spiro atoms. The Morgan fingerprint density at radius 1 is 1.12 bits per heavy atom. The van der Waals surface area contributed by atoms with Crippen LogP contribution in [0.5, 0.6) is 23.0 Å². The minimum Gasteiger partial charge on any atom is -0.507 e. The quantitative estimate of drug-likeness (QED) is 0.734. The van der Waals surface area contributed by atoms with Crippen molar-refractivity contribution in [2.75, 3.05) is 21.2 Å². The molecule has 0 fully saturated rings. The van der Waals surface area contributed by atoms with E-state index in [1.807, 2.05) is 20.2 Å². The Labute approximate surface area is 151 Å². The monoisotopic (exact) mass is 356 g/mol. The van der Waals surface area contributed by atoms with Crippen LogP contribution in [0.25, 0.3) is 11.0 Å². The number of aromatic hydroxyl groups is 1. The number of phenols is 1. The number of nitrogens with one attached hydrogen (secondary N) is 1. The van der Waals surface area contributed by atoms with E-state index in [0.29, 0.717) is 40.3 Å². The van der Waals surface area contributed by atoms with E-state index in [4.69, 9.17) is 13.9 Å². The zero-order chi connectivity index (χ0) is 18.8. The molecule has 0 aliphatic carbocycles. The summed E-state index contributed by atoms with van der Waals surface area (Å²) < 4.78 is 17.0. The van der Waals surface area contributed by atoms with Crippen molar-refractivity contribution in [2.45, 2.75) is 13.5 Å². The summed E-state index contributed by atoms with van der Waals surface area (Å²) in [6.07, 6.45) is 0. The Bertz CT molecular complexity index is 1010. The summed E-state index contributed by atoms with van der Waals surface area (Å²) in [5, 5.41) is 10.6. The lowest BCUT2D eigenvalue weighted by Gasteiger charge is -2.14. The van der Waals surface area contributed by atoms with Crippen molar-refractivity contribution in [3.05, 3.63) is 57.9 Å². The fourth-order valence-electron chi connectivity index (χ4n) is 2.85. The van der Waals surface area contributed by atoms with Crippen LogP contribution in [0.3, 0.4) is 0 Å². The Kier molecular flexibility index (Phi) is 4.86. The van der Waals surface area contributed by atoms with Gasteiger partial charge in [-0.3, -0.25) is 4.79 Å². The Hall–Kier alpha value is -2.99. The van der Waals surface area contributed by atoms with Gasteiger partial charge in [-0.25, -0.2) is 0 Å². The Balaban J connectivity index is 2.17. The maximum absolute atomic E-state index is 13.0. The first-order valence-electron chi connectivity index (χ1n) is 8.30. The van der Waals surface area contributed by atoms with E-state index < -0.39 is 0 Å². The molecule has 0 aliphatic heterocycles. The van der Waals surface area contributed by atoms with Crippen LogP contribution in [-0.2, 0) is 6.54 Å². The molecule has 0 aliphatic rings. The molecule has 6 nitrogen and oxygen atoms in total. The highest BCUT2D eigenvalue weighted by Crippen LogP contribution is 2.33. The second-order valence-electron chi connectivity index (χ2n) is 6.39. The van der Waals surface area contributed by atoms with Crippen LogP contribution in [0, 0.1) is 6.92 Å². The summed E-state index contributed by atoms with van der Waals surface area (Å²) in [5.74, 6) is 1.51. The Morgan fingerprint density at radius 2 is 1.81 bits per heavy atom. The molecule has 3 rings (SSSR count). The van der Waals surface area contributed by atoms with Crippen molar-refractivity contribution >= 4 is 11.0 Å². The topological polar surface area (TPSA) is 73.3 Å². The van der Waals surface area contributed by atoms with Gasteiger partial charge < -0.3 is 23.9 Å². The largest absolute Gasteiger partial charge is 0.507 e. The van der Waals surface area contributed by atoms with Crippen LogP contribution in [0.4, 0.5) is 0 Å². The summed E-state index contributed by atoms with van der Waals surface area (Å²) in [7, 11) is 5.46. The van der Waals surface area contributed by atoms with Crippen LogP contribution in [0.1, 0.15) is 11.3 Å². The van der Waals surface area contributed by atoms with Crippen LogP contribution < -0.4 is 19.8 Å². The van der Waals surface area contributed by atoms with E-state index in [0.717, 1.165) is 4.90 Å². The van der Waals surface area contributed by atoms with Gasteiger partial charge >= 0.3 is 0 Å². The van der Waals surface area contributed by atoms with E-state index >= 15 is 0 Å². The third-order valence-electron chi connectivity index (χ3n) is 4.07. The van der Waals surface area contributed by atoms with Crippen molar-refractivity contribution in [1.29, 1.82) is 0 Å². The number of rotatable bonds is 5. The second-order valence-corrected chi connectivity index (χ2v) is 6.39. The van der Waals surface area contributed by atoms with Gasteiger partial charge in [0.05, 0.1) is 32.2 Å². The number of hydrogen-bond donors (Lipinski definition) is 2. The molecule has 0 saturated carbocycles. The van der Waals surface area contributed by atoms with Crippen molar-refractivity contribution in [3.8, 4) is 23.0 Å². The van der Waals surface area contributed by atoms with Gasteiger partial charge in [0.2, 0.25) is 11.2 Å². The molecule has 1 heterocycles. The molecule has 6 heteroatoms. The molecule has 1 aromatic heterocycles. The molecule has 0 unspecified atom stereocenters. The molecule has 26 heavy (non-hydrogen) atoms. The summed E-state index contributed by atoms with van der Waals surface area (Å²) in [4.78, 5) is 14.1. The first kappa shape index (κ1) is 17.8. The van der Waals surface area contributed by atoms with E-state index in [2.05, 4.69) is 0 Å². The number of phenolic OH excluding ortho intramolecular Hbond substituents is 1. The van der Waals surface area contributed by atoms with Crippen LogP contribution in [-0.4, -0.2) is 26.3 Å². The smallest absolute Gasteiger partial charge is 0.235 e. The van der Waals surface area contributed by atoms with Crippen molar-refractivity contribution in [2.24, 2.45) is 0 Å². The molecule has 3 aromatic rings. The molecule has 0 amide bonds. The van der Waals surface area contributed by atoms with Crippen LogP contribution in [0.15, 0.2) is 45.6 Å². The zero-order valence-corrected chi connectivity index (χ0v) is 15.3. The normalized spacial score (nSPS) is 11.1. The molecular weight excluding hydrogens is 334 g/mol. The summed E-state index contributed by atoms with van der Waals surface area (Å²) in [5.41, 5.74) is 0.706. The number of ether oxygens (including phenoxy) is 2. The Morgan fingerprint density at radius 3 is 2.46 bits per heavy atom. The minimum atomic E-state index is -0.287. The minimum absolute atomic E-state index is 0.107. The maximum Gasteiger partial charge on any atom is 0.235 e. The maximum atomic E-state index is 13.0. The lowest BCUT2D eigenvalue weighted by atomic mass is 10.1. The molecule has 2 aromatic carbocycles. The fourth-order valence-corrected chi connectivity index (χ4v) is 2.85. The lowest BCUT2D eigenvalue weighted by Crippen LogP contribution is -3.04. The average Bonchev–Trinajstić information content (AvgIpc) is 2.61. The molecule has 0 saturated heterocycles. The van der Waals surface area contributed by atoms with Crippen molar-refractivity contribution in [3.63, 3.8) is 0 Å². The van der Waals surface area contributed by atoms with Gasteiger partial charge in [-0.05, 0) is 31.2 Å². The van der Waals surface area contributed by atoms with Crippen molar-refractivity contribution in [1.82, 2.24) is 0 Å². The predicted octanol–water partition coefficient (Wildman–Crippen LogP) is 2.25. The van der Waals surface area contributed by atoms with Gasteiger partial charge in [0.15, 0.2) is 17.1 Å². The number of para-hydroxylation sites is 2. The van der Waals surface area contributed by atoms with E-state index in [1.165, 1.54) is 13.2 Å². The highest BCUT2D eigenvalue weighted by atomic mass is 16.5. The lowest BCUT2D eigenvalue weighted by molar-refractivity contribution is -0.872. The summed E-state index contributed by atoms with van der Waals surface area (Å²) in [6.45, 7) is 2.19. The third kappa shape index (κ3) is 3.23. The van der Waals surface area contributed by atoms with Crippen LogP contribution in [0.2, 0.25) is 0 Å². The molecule has 0 atom stereocenters. The average molecular weight is 356 g/mol. The van der Waals surface area contributed by atoms with E-state index in [-0.39, 0.29) is 16.9 Å². The molecule has 2 N–H and O–H groups in total. The number of aryl methyl sites for hydroxylation is 1. The van der Waals surface area contributed by atoms with Crippen molar-refractivity contribution < 1.29 is 23.9 Å². The predicted molar refractivity (Wildman–Crippen MR) is 98.5 cm³/mol. The number of hydrogen-bond acceptors (Lipinski definition) is 5. The van der Waals surface area contributed by atoms with Crippen LogP contribution >= 0.6 is 0 Å². The van der Waals surface area contributed by atoms with Gasteiger partial charge in [-0.1, -0.05) is 12.1 Å².